The van der Waals surface area contributed by atoms with Gasteiger partial charge >= 0.3 is 0 Å². The summed E-state index contributed by atoms with van der Waals surface area (Å²) in [6.07, 6.45) is 0. The lowest BCUT2D eigenvalue weighted by Gasteiger charge is -2.11. The van der Waals surface area contributed by atoms with Crippen LogP contribution in [-0.2, 0) is 0 Å². The molecular weight excluding hydrogens is 729 g/mol. The van der Waals surface area contributed by atoms with E-state index < -0.39 is 0 Å². The van der Waals surface area contributed by atoms with Crippen LogP contribution in [0.2, 0.25) is 0 Å². The van der Waals surface area contributed by atoms with E-state index in [4.69, 9.17) is 33.2 Å². The summed E-state index contributed by atoms with van der Waals surface area (Å²) >= 11 is 0. The fourth-order valence-corrected chi connectivity index (χ4v) is 8.68. The first-order chi connectivity index (χ1) is 29.2. The molecule has 7 nitrogen and oxygen atoms in total. The van der Waals surface area contributed by atoms with Gasteiger partial charge in [0.05, 0.1) is 5.39 Å². The minimum atomic E-state index is 0.560. The first-order valence-electron chi connectivity index (χ1n) is 19.5. The highest BCUT2D eigenvalue weighted by Gasteiger charge is 2.21. The molecule has 4 heterocycles. The minimum absolute atomic E-state index is 0.560. The van der Waals surface area contributed by atoms with Crippen LogP contribution in [0.4, 0.5) is 0 Å². The van der Waals surface area contributed by atoms with E-state index in [0.717, 1.165) is 98.6 Å². The van der Waals surface area contributed by atoms with E-state index in [-0.39, 0.29) is 0 Å². The second-order valence-electron chi connectivity index (χ2n) is 15.0. The molecular formula is C52H28N4O3. The third-order valence-electron chi connectivity index (χ3n) is 11.5. The van der Waals surface area contributed by atoms with Crippen molar-refractivity contribution in [1.82, 2.24) is 19.9 Å². The first-order valence-corrected chi connectivity index (χ1v) is 19.5. The molecule has 274 valence electrons. The van der Waals surface area contributed by atoms with Crippen molar-refractivity contribution in [3.8, 4) is 45.6 Å². The highest BCUT2D eigenvalue weighted by atomic mass is 16.4. The zero-order chi connectivity index (χ0) is 38.6. The summed E-state index contributed by atoms with van der Waals surface area (Å²) in [5.74, 6) is 2.29. The van der Waals surface area contributed by atoms with E-state index in [9.17, 15) is 0 Å². The lowest BCUT2D eigenvalue weighted by molar-refractivity contribution is 0.622. The van der Waals surface area contributed by atoms with Gasteiger partial charge in [0.2, 0.25) is 5.89 Å². The standard InChI is InChI=1S/C52H28N4O3/c1-2-10-32-26-35(19-16-29(32)8-1)52-53-41-22-25-45-47(48(41)59-52)46-39-27-33(18-17-31(39)20-24-44(46)58-45)49-54-50(34-21-23-43-40(28-34)37-13-5-6-15-42(37)57-43)56-51(55-49)38-14-7-11-30-9-3-4-12-36(30)38/h1-28H. The van der Waals surface area contributed by atoms with Gasteiger partial charge in [-0.3, -0.25) is 0 Å². The van der Waals surface area contributed by atoms with Gasteiger partial charge in [0.25, 0.3) is 0 Å². The number of oxazole rings is 1. The fourth-order valence-electron chi connectivity index (χ4n) is 8.68. The minimum Gasteiger partial charge on any atom is -0.456 e. The van der Waals surface area contributed by atoms with Crippen molar-refractivity contribution < 1.29 is 13.3 Å². The quantitative estimate of drug-likeness (QED) is 0.177. The summed E-state index contributed by atoms with van der Waals surface area (Å²) < 4.78 is 19.3. The zero-order valence-electron chi connectivity index (χ0n) is 31.2. The maximum Gasteiger partial charge on any atom is 0.227 e. The lowest BCUT2D eigenvalue weighted by Crippen LogP contribution is -2.00. The molecule has 0 saturated carbocycles. The molecule has 0 saturated heterocycles. The van der Waals surface area contributed by atoms with E-state index in [1.807, 2.05) is 72.8 Å². The predicted molar refractivity (Wildman–Crippen MR) is 236 cm³/mol. The fraction of sp³-hybridized carbons (Fsp3) is 0. The molecule has 0 aliphatic heterocycles. The van der Waals surface area contributed by atoms with Crippen LogP contribution in [0.5, 0.6) is 0 Å². The SMILES string of the molecule is c1ccc2cc(-c3nc4ccc5oc6ccc7ccc(-c8nc(-c9ccc%10oc%11ccccc%11c%10c9)nc(-c9cccc%10ccccc9%10)n8)cc7c6c5c4o3)ccc2c1. The number of aromatic nitrogens is 4. The van der Waals surface area contributed by atoms with Crippen LogP contribution in [-0.4, -0.2) is 19.9 Å². The highest BCUT2D eigenvalue weighted by Crippen LogP contribution is 2.42. The molecule has 0 radical (unpaired) electrons. The normalized spacial score (nSPS) is 12.1. The number of furan rings is 2. The van der Waals surface area contributed by atoms with E-state index in [0.29, 0.717) is 28.9 Å². The Labute approximate surface area is 334 Å². The molecule has 0 spiro atoms. The largest absolute Gasteiger partial charge is 0.456 e. The summed E-state index contributed by atoms with van der Waals surface area (Å²) in [5, 5.41) is 10.4. The summed E-state index contributed by atoms with van der Waals surface area (Å²) in [4.78, 5) is 20.5. The van der Waals surface area contributed by atoms with E-state index in [2.05, 4.69) is 97.1 Å². The molecule has 0 aliphatic rings. The van der Waals surface area contributed by atoms with Gasteiger partial charge in [0, 0.05) is 38.4 Å². The molecule has 7 heteroatoms. The first kappa shape index (κ1) is 32.0. The zero-order valence-corrected chi connectivity index (χ0v) is 31.2. The Hall–Kier alpha value is -8.16. The molecule has 13 aromatic rings. The molecule has 59 heavy (non-hydrogen) atoms. The van der Waals surface area contributed by atoms with Gasteiger partial charge in [-0.1, -0.05) is 109 Å². The van der Waals surface area contributed by atoms with E-state index >= 15 is 0 Å². The van der Waals surface area contributed by atoms with Crippen molar-refractivity contribution in [3.05, 3.63) is 170 Å². The number of nitrogens with zero attached hydrogens (tertiary/aromatic N) is 4. The van der Waals surface area contributed by atoms with Crippen LogP contribution >= 0.6 is 0 Å². The Balaban J connectivity index is 1.03. The molecule has 0 bridgehead atoms. The average Bonchev–Trinajstić information content (AvgIpc) is 4.02. The maximum atomic E-state index is 6.65. The molecule has 13 rings (SSSR count). The molecule has 0 aliphatic carbocycles. The van der Waals surface area contributed by atoms with Crippen LogP contribution in [0, 0.1) is 0 Å². The van der Waals surface area contributed by atoms with Crippen LogP contribution in [0.1, 0.15) is 0 Å². The molecule has 0 atom stereocenters. The Morgan fingerprint density at radius 2 is 0.915 bits per heavy atom. The lowest BCUT2D eigenvalue weighted by atomic mass is 10.0. The van der Waals surface area contributed by atoms with Crippen molar-refractivity contribution in [2.75, 3.05) is 0 Å². The third kappa shape index (κ3) is 4.95. The number of para-hydroxylation sites is 1. The predicted octanol–water partition coefficient (Wildman–Crippen LogP) is 13.9. The molecule has 0 fully saturated rings. The Kier molecular flexibility index (Phi) is 6.60. The van der Waals surface area contributed by atoms with Crippen molar-refractivity contribution in [3.63, 3.8) is 0 Å². The summed E-state index contributed by atoms with van der Waals surface area (Å²) in [5.41, 5.74) is 8.16. The van der Waals surface area contributed by atoms with Gasteiger partial charge in [-0.15, -0.1) is 0 Å². The van der Waals surface area contributed by atoms with Gasteiger partial charge in [-0.05, 0) is 93.0 Å². The number of rotatable bonds is 4. The van der Waals surface area contributed by atoms with Crippen LogP contribution in [0.15, 0.2) is 183 Å². The van der Waals surface area contributed by atoms with Gasteiger partial charge in [0.1, 0.15) is 27.8 Å². The van der Waals surface area contributed by atoms with E-state index in [1.165, 1.54) is 5.39 Å². The Bertz CT molecular complexity index is 3870. The summed E-state index contributed by atoms with van der Waals surface area (Å²) in [6, 6.07) is 57.8. The number of benzene rings is 9. The number of fused-ring (bicyclic) bond motifs is 12. The van der Waals surface area contributed by atoms with Crippen molar-refractivity contribution in [1.29, 1.82) is 0 Å². The van der Waals surface area contributed by atoms with Gasteiger partial charge in [0.15, 0.2) is 23.1 Å². The second kappa shape index (κ2) is 12.2. The molecule has 0 N–H and O–H groups in total. The molecule has 4 aromatic heterocycles. The Morgan fingerprint density at radius 1 is 0.322 bits per heavy atom. The summed E-state index contributed by atoms with van der Waals surface area (Å²) in [6.45, 7) is 0. The monoisotopic (exact) mass is 756 g/mol. The Morgan fingerprint density at radius 3 is 1.81 bits per heavy atom. The average molecular weight is 757 g/mol. The van der Waals surface area contributed by atoms with Crippen molar-refractivity contribution in [2.45, 2.75) is 0 Å². The van der Waals surface area contributed by atoms with Gasteiger partial charge in [-0.2, -0.15) is 0 Å². The smallest absolute Gasteiger partial charge is 0.227 e. The number of hydrogen-bond acceptors (Lipinski definition) is 7. The number of hydrogen-bond donors (Lipinski definition) is 0. The van der Waals surface area contributed by atoms with Crippen LogP contribution in [0.3, 0.4) is 0 Å². The van der Waals surface area contributed by atoms with Gasteiger partial charge < -0.3 is 13.3 Å². The van der Waals surface area contributed by atoms with Crippen molar-refractivity contribution in [2.24, 2.45) is 0 Å². The highest BCUT2D eigenvalue weighted by molar-refractivity contribution is 6.25. The molecule has 0 amide bonds. The molecule has 0 unspecified atom stereocenters. The molecule has 9 aromatic carbocycles. The third-order valence-corrected chi connectivity index (χ3v) is 11.5. The van der Waals surface area contributed by atoms with Crippen LogP contribution < -0.4 is 0 Å². The van der Waals surface area contributed by atoms with Crippen LogP contribution in [0.25, 0.3) is 133 Å². The van der Waals surface area contributed by atoms with E-state index in [1.54, 1.807) is 0 Å². The maximum absolute atomic E-state index is 6.65. The topological polar surface area (TPSA) is 91.0 Å². The summed E-state index contributed by atoms with van der Waals surface area (Å²) in [7, 11) is 0. The van der Waals surface area contributed by atoms with Gasteiger partial charge in [-0.25, -0.2) is 19.9 Å². The second-order valence-corrected chi connectivity index (χ2v) is 15.0. The van der Waals surface area contributed by atoms with Crippen molar-refractivity contribution >= 4 is 87.3 Å².